The second-order valence-electron chi connectivity index (χ2n) is 8.42. The summed E-state index contributed by atoms with van der Waals surface area (Å²) in [5, 5.41) is 3.68. The largest absolute Gasteiger partial charge is 0.495 e. The number of methoxy groups -OCH3 is 1. The highest BCUT2D eigenvalue weighted by molar-refractivity contribution is 7.92. The molecule has 1 saturated heterocycles. The highest BCUT2D eigenvalue weighted by Crippen LogP contribution is 2.35. The number of ether oxygens (including phenoxy) is 1. The fourth-order valence-corrected chi connectivity index (χ4v) is 6.64. The number of piperazine rings is 1. The Labute approximate surface area is 204 Å². The standard InChI is InChI=1S/C24H28ClN3O3S2/c1-15-13-28(14-16(2)26-15)19-7-8-22(31-4)21(12-19)27-33(29,30)24-10-6-18(11-20(24)25)23-9-5-17(3)32-23/h5-12,15-16,26-27H,13-14H2,1-4H3. The van der Waals surface area contributed by atoms with E-state index in [0.29, 0.717) is 23.5 Å². The molecule has 2 unspecified atom stereocenters. The number of anilines is 2. The van der Waals surface area contributed by atoms with Gasteiger partial charge in [-0.05, 0) is 68.8 Å². The van der Waals surface area contributed by atoms with Gasteiger partial charge in [0, 0.05) is 40.6 Å². The number of rotatable bonds is 6. The molecule has 1 aromatic heterocycles. The van der Waals surface area contributed by atoms with Gasteiger partial charge in [0.2, 0.25) is 0 Å². The average Bonchev–Trinajstić information content (AvgIpc) is 3.19. The van der Waals surface area contributed by atoms with Crippen LogP contribution < -0.4 is 19.7 Å². The zero-order chi connectivity index (χ0) is 23.8. The highest BCUT2D eigenvalue weighted by atomic mass is 35.5. The number of hydrogen-bond acceptors (Lipinski definition) is 6. The topological polar surface area (TPSA) is 70.7 Å². The molecule has 1 aliphatic heterocycles. The summed E-state index contributed by atoms with van der Waals surface area (Å²) in [7, 11) is -2.41. The number of aryl methyl sites for hydroxylation is 1. The first-order valence-corrected chi connectivity index (χ1v) is 13.4. The molecule has 1 fully saturated rings. The Morgan fingerprint density at radius 3 is 2.42 bits per heavy atom. The lowest BCUT2D eigenvalue weighted by molar-refractivity contribution is 0.406. The summed E-state index contributed by atoms with van der Waals surface area (Å²) < 4.78 is 34.6. The molecule has 0 bridgehead atoms. The Bertz CT molecular complexity index is 1250. The molecular weight excluding hydrogens is 478 g/mol. The molecule has 2 N–H and O–H groups in total. The zero-order valence-electron chi connectivity index (χ0n) is 19.1. The summed E-state index contributed by atoms with van der Waals surface area (Å²) in [6, 6.07) is 15.3. The molecule has 1 aliphatic rings. The van der Waals surface area contributed by atoms with Gasteiger partial charge in [-0.2, -0.15) is 0 Å². The van der Waals surface area contributed by atoms with E-state index in [1.165, 1.54) is 12.0 Å². The van der Waals surface area contributed by atoms with E-state index >= 15 is 0 Å². The van der Waals surface area contributed by atoms with Crippen LogP contribution in [0.25, 0.3) is 10.4 Å². The van der Waals surface area contributed by atoms with Crippen molar-refractivity contribution in [3.8, 4) is 16.2 Å². The number of nitrogens with zero attached hydrogens (tertiary/aromatic N) is 1. The predicted octanol–water partition coefficient (Wildman–Crippen LogP) is 5.37. The average molecular weight is 506 g/mol. The summed E-state index contributed by atoms with van der Waals surface area (Å²) >= 11 is 8.07. The number of hydrogen-bond donors (Lipinski definition) is 2. The van der Waals surface area contributed by atoms with Crippen LogP contribution in [0, 0.1) is 6.92 Å². The lowest BCUT2D eigenvalue weighted by atomic mass is 10.1. The molecule has 0 radical (unpaired) electrons. The predicted molar refractivity (Wildman–Crippen MR) is 138 cm³/mol. The van der Waals surface area contributed by atoms with Gasteiger partial charge in [0.25, 0.3) is 10.0 Å². The minimum absolute atomic E-state index is 0.0260. The number of sulfonamides is 1. The van der Waals surface area contributed by atoms with Gasteiger partial charge in [0.1, 0.15) is 10.6 Å². The quantitative estimate of drug-likeness (QED) is 0.471. The van der Waals surface area contributed by atoms with Crippen molar-refractivity contribution in [2.75, 3.05) is 29.8 Å². The monoisotopic (exact) mass is 505 g/mol. The molecule has 6 nitrogen and oxygen atoms in total. The van der Waals surface area contributed by atoms with Gasteiger partial charge in [0.15, 0.2) is 0 Å². The van der Waals surface area contributed by atoms with Crippen LogP contribution in [0.15, 0.2) is 53.4 Å². The van der Waals surface area contributed by atoms with Crippen molar-refractivity contribution in [3.05, 3.63) is 58.4 Å². The number of benzene rings is 2. The molecule has 0 spiro atoms. The maximum absolute atomic E-state index is 13.3. The van der Waals surface area contributed by atoms with E-state index in [9.17, 15) is 8.42 Å². The van der Waals surface area contributed by atoms with Gasteiger partial charge < -0.3 is 15.0 Å². The lowest BCUT2D eigenvalue weighted by Crippen LogP contribution is -2.54. The van der Waals surface area contributed by atoms with E-state index in [2.05, 4.69) is 28.8 Å². The second-order valence-corrected chi connectivity index (χ2v) is 11.8. The number of nitrogens with one attached hydrogen (secondary N) is 2. The van der Waals surface area contributed by atoms with Gasteiger partial charge >= 0.3 is 0 Å². The molecule has 176 valence electrons. The molecule has 4 rings (SSSR count). The minimum atomic E-state index is -3.93. The summed E-state index contributed by atoms with van der Waals surface area (Å²) in [6.07, 6.45) is 0. The molecule has 3 aromatic rings. The van der Waals surface area contributed by atoms with Crippen molar-refractivity contribution in [1.82, 2.24) is 5.32 Å². The van der Waals surface area contributed by atoms with Crippen LogP contribution in [-0.4, -0.2) is 40.7 Å². The lowest BCUT2D eigenvalue weighted by Gasteiger charge is -2.38. The van der Waals surface area contributed by atoms with Gasteiger partial charge in [-0.3, -0.25) is 4.72 Å². The molecule has 2 aromatic carbocycles. The van der Waals surface area contributed by atoms with E-state index in [1.807, 2.05) is 31.2 Å². The molecule has 33 heavy (non-hydrogen) atoms. The van der Waals surface area contributed by atoms with Gasteiger partial charge in [-0.25, -0.2) is 8.42 Å². The summed E-state index contributed by atoms with van der Waals surface area (Å²) in [4.78, 5) is 4.49. The summed E-state index contributed by atoms with van der Waals surface area (Å²) in [6.45, 7) is 7.97. The van der Waals surface area contributed by atoms with Gasteiger partial charge in [0.05, 0.1) is 17.8 Å². The third-order valence-electron chi connectivity index (χ3n) is 5.60. The first-order valence-electron chi connectivity index (χ1n) is 10.7. The molecule has 9 heteroatoms. The van der Waals surface area contributed by atoms with Crippen LogP contribution in [0.1, 0.15) is 18.7 Å². The fraction of sp³-hybridized carbons (Fsp3) is 0.333. The summed E-state index contributed by atoms with van der Waals surface area (Å²) in [5.41, 5.74) is 2.20. The Hall–Kier alpha value is -2.26. The minimum Gasteiger partial charge on any atom is -0.495 e. The second kappa shape index (κ2) is 9.54. The van der Waals surface area contributed by atoms with Crippen molar-refractivity contribution in [1.29, 1.82) is 0 Å². The Morgan fingerprint density at radius 2 is 1.82 bits per heavy atom. The first-order chi connectivity index (χ1) is 15.7. The Balaban J connectivity index is 1.63. The maximum atomic E-state index is 13.3. The number of thiophene rings is 1. The fourth-order valence-electron chi connectivity index (χ4n) is 4.17. The normalized spacial score (nSPS) is 18.9. The van der Waals surface area contributed by atoms with E-state index in [-0.39, 0.29) is 9.92 Å². The van der Waals surface area contributed by atoms with Crippen molar-refractivity contribution < 1.29 is 13.2 Å². The van der Waals surface area contributed by atoms with Crippen molar-refractivity contribution in [2.24, 2.45) is 0 Å². The van der Waals surface area contributed by atoms with E-state index in [4.69, 9.17) is 16.3 Å². The van der Waals surface area contributed by atoms with E-state index in [0.717, 1.165) is 29.2 Å². The van der Waals surface area contributed by atoms with E-state index < -0.39 is 10.0 Å². The van der Waals surface area contributed by atoms with E-state index in [1.54, 1.807) is 35.6 Å². The van der Waals surface area contributed by atoms with Crippen molar-refractivity contribution in [3.63, 3.8) is 0 Å². The zero-order valence-corrected chi connectivity index (χ0v) is 21.4. The maximum Gasteiger partial charge on any atom is 0.263 e. The molecule has 0 amide bonds. The van der Waals surface area contributed by atoms with Crippen LogP contribution in [0.2, 0.25) is 5.02 Å². The molecule has 0 aliphatic carbocycles. The summed E-state index contributed by atoms with van der Waals surface area (Å²) in [5.74, 6) is 0.445. The third-order valence-corrected chi connectivity index (χ3v) is 8.49. The molecule has 0 saturated carbocycles. The smallest absolute Gasteiger partial charge is 0.263 e. The van der Waals surface area contributed by atoms with Crippen LogP contribution in [0.5, 0.6) is 5.75 Å². The van der Waals surface area contributed by atoms with Crippen molar-refractivity contribution >= 4 is 44.3 Å². The molecular formula is C24H28ClN3O3S2. The van der Waals surface area contributed by atoms with Crippen LogP contribution >= 0.6 is 22.9 Å². The van der Waals surface area contributed by atoms with Gasteiger partial charge in [-0.1, -0.05) is 17.7 Å². The van der Waals surface area contributed by atoms with Gasteiger partial charge in [-0.15, -0.1) is 11.3 Å². The van der Waals surface area contributed by atoms with Crippen molar-refractivity contribution in [2.45, 2.75) is 37.8 Å². The highest BCUT2D eigenvalue weighted by Gasteiger charge is 2.24. The Kier molecular flexibility index (Phi) is 6.91. The third kappa shape index (κ3) is 5.30. The van der Waals surface area contributed by atoms with Crippen LogP contribution in [-0.2, 0) is 10.0 Å². The first kappa shape index (κ1) is 23.9. The molecule has 2 heterocycles. The number of halogens is 1. The van der Waals surface area contributed by atoms with Crippen LogP contribution in [0.3, 0.4) is 0 Å². The SMILES string of the molecule is COc1ccc(N2CC(C)NC(C)C2)cc1NS(=O)(=O)c1ccc(-c2ccc(C)s2)cc1Cl. The van der Waals surface area contributed by atoms with Crippen LogP contribution in [0.4, 0.5) is 11.4 Å². The Morgan fingerprint density at radius 1 is 1.09 bits per heavy atom. The molecule has 2 atom stereocenters.